The van der Waals surface area contributed by atoms with Crippen molar-refractivity contribution < 1.29 is 24.3 Å². The van der Waals surface area contributed by atoms with E-state index in [1.807, 2.05) is 0 Å². The van der Waals surface area contributed by atoms with Crippen LogP contribution >= 0.6 is 7.60 Å². The van der Waals surface area contributed by atoms with Crippen LogP contribution < -0.4 is 0 Å². The maximum Gasteiger partial charge on any atom is 0.331 e. The van der Waals surface area contributed by atoms with Crippen LogP contribution in [0.2, 0.25) is 0 Å². The van der Waals surface area contributed by atoms with Gasteiger partial charge in [-0.1, -0.05) is 13.8 Å². The predicted octanol–water partition coefficient (Wildman–Crippen LogP) is 2.22. The average molecular weight is 252 g/mol. The zero-order valence-corrected chi connectivity index (χ0v) is 11.1. The first-order valence-corrected chi connectivity index (χ1v) is 6.92. The Kier molecular flexibility index (Phi) is 4.75. The lowest BCUT2D eigenvalue weighted by atomic mass is 9.78. The Morgan fingerprint density at radius 1 is 1.19 bits per heavy atom. The van der Waals surface area contributed by atoms with Crippen LogP contribution in [-0.4, -0.2) is 26.0 Å². The van der Waals surface area contributed by atoms with E-state index in [-0.39, 0.29) is 12.8 Å². The molecule has 6 heteroatoms. The molecule has 0 spiro atoms. The molecule has 0 aromatic carbocycles. The number of carboxylic acid groups (broad SMARTS) is 1. The molecule has 96 valence electrons. The maximum absolute atomic E-state index is 11.4. The summed E-state index contributed by atoms with van der Waals surface area (Å²) in [6.07, 6.45) is 0.574. The van der Waals surface area contributed by atoms with E-state index in [4.69, 9.17) is 5.11 Å². The Balaban J connectivity index is 5.20. The first kappa shape index (κ1) is 15.6. The van der Waals surface area contributed by atoms with Gasteiger partial charge in [0, 0.05) is 0 Å². The molecule has 3 N–H and O–H groups in total. The summed E-state index contributed by atoms with van der Waals surface area (Å²) < 4.78 is 11.4. The van der Waals surface area contributed by atoms with E-state index in [0.717, 1.165) is 0 Å². The SMILES string of the molecule is CCC(C)(CC(C)(CC)P(=O)(O)O)C(=O)O. The van der Waals surface area contributed by atoms with Gasteiger partial charge in [0.1, 0.15) is 0 Å². The second-order valence-electron chi connectivity index (χ2n) is 4.79. The number of carbonyl (C=O) groups is 1. The van der Waals surface area contributed by atoms with E-state index in [0.29, 0.717) is 6.42 Å². The van der Waals surface area contributed by atoms with E-state index in [1.54, 1.807) is 13.8 Å². The van der Waals surface area contributed by atoms with E-state index < -0.39 is 24.1 Å². The Labute approximate surface area is 96.0 Å². The highest BCUT2D eigenvalue weighted by Crippen LogP contribution is 2.57. The molecule has 2 unspecified atom stereocenters. The van der Waals surface area contributed by atoms with E-state index >= 15 is 0 Å². The first-order valence-electron chi connectivity index (χ1n) is 5.31. The lowest BCUT2D eigenvalue weighted by Gasteiger charge is -2.36. The van der Waals surface area contributed by atoms with Gasteiger partial charge in [0.25, 0.3) is 0 Å². The van der Waals surface area contributed by atoms with Gasteiger partial charge in [-0.25, -0.2) is 0 Å². The molecule has 0 bridgehead atoms. The van der Waals surface area contributed by atoms with Crippen molar-refractivity contribution in [1.29, 1.82) is 0 Å². The van der Waals surface area contributed by atoms with Gasteiger partial charge in [0.15, 0.2) is 0 Å². The zero-order valence-electron chi connectivity index (χ0n) is 10.2. The van der Waals surface area contributed by atoms with Gasteiger partial charge >= 0.3 is 13.6 Å². The Morgan fingerprint density at radius 3 is 1.81 bits per heavy atom. The van der Waals surface area contributed by atoms with Crippen molar-refractivity contribution in [3.8, 4) is 0 Å². The summed E-state index contributed by atoms with van der Waals surface area (Å²) >= 11 is 0. The molecule has 0 aromatic heterocycles. The molecule has 16 heavy (non-hydrogen) atoms. The van der Waals surface area contributed by atoms with Crippen LogP contribution in [0.4, 0.5) is 0 Å². The second kappa shape index (κ2) is 4.86. The monoisotopic (exact) mass is 252 g/mol. The molecule has 0 saturated carbocycles. The summed E-state index contributed by atoms with van der Waals surface area (Å²) in [6.45, 7) is 6.35. The number of rotatable bonds is 6. The lowest BCUT2D eigenvalue weighted by molar-refractivity contribution is -0.149. The van der Waals surface area contributed by atoms with Crippen LogP contribution in [-0.2, 0) is 9.36 Å². The Hall–Kier alpha value is -0.380. The van der Waals surface area contributed by atoms with Gasteiger partial charge in [-0.05, 0) is 33.1 Å². The minimum Gasteiger partial charge on any atom is -0.481 e. The van der Waals surface area contributed by atoms with Gasteiger partial charge in [-0.3, -0.25) is 9.36 Å². The van der Waals surface area contributed by atoms with Crippen LogP contribution in [0.3, 0.4) is 0 Å². The van der Waals surface area contributed by atoms with Gasteiger partial charge in [-0.2, -0.15) is 0 Å². The third kappa shape index (κ3) is 3.06. The molecule has 0 fully saturated rings. The fourth-order valence-electron chi connectivity index (χ4n) is 1.63. The fourth-order valence-corrected chi connectivity index (χ4v) is 2.59. The second-order valence-corrected chi connectivity index (χ2v) is 6.96. The van der Waals surface area contributed by atoms with Gasteiger partial charge in [0.05, 0.1) is 10.6 Å². The van der Waals surface area contributed by atoms with Crippen molar-refractivity contribution in [2.45, 2.75) is 52.1 Å². The van der Waals surface area contributed by atoms with Crippen LogP contribution in [0.25, 0.3) is 0 Å². The number of hydrogen-bond donors (Lipinski definition) is 3. The molecule has 0 heterocycles. The molecule has 2 atom stereocenters. The first-order chi connectivity index (χ1) is 7.02. The highest BCUT2D eigenvalue weighted by molar-refractivity contribution is 7.53. The molecule has 0 aromatic rings. The topological polar surface area (TPSA) is 94.8 Å². The third-order valence-corrected chi connectivity index (χ3v) is 5.41. The summed E-state index contributed by atoms with van der Waals surface area (Å²) in [7, 11) is -4.30. The fraction of sp³-hybridized carbons (Fsp3) is 0.900. The Bertz CT molecular complexity index is 310. The molecule has 0 saturated heterocycles. The quantitative estimate of drug-likeness (QED) is 0.630. The highest BCUT2D eigenvalue weighted by Gasteiger charge is 2.47. The third-order valence-electron chi connectivity index (χ3n) is 3.53. The summed E-state index contributed by atoms with van der Waals surface area (Å²) in [5, 5.41) is 7.84. The van der Waals surface area contributed by atoms with Crippen molar-refractivity contribution >= 4 is 13.6 Å². The highest BCUT2D eigenvalue weighted by atomic mass is 31.2. The number of hydrogen-bond acceptors (Lipinski definition) is 2. The van der Waals surface area contributed by atoms with Crippen molar-refractivity contribution in [3.63, 3.8) is 0 Å². The van der Waals surface area contributed by atoms with Crippen molar-refractivity contribution in [2.24, 2.45) is 5.41 Å². The lowest BCUT2D eigenvalue weighted by Crippen LogP contribution is -2.37. The molecule has 0 rings (SSSR count). The molecule has 0 aliphatic heterocycles. The number of aliphatic carboxylic acids is 1. The van der Waals surface area contributed by atoms with Gasteiger partial charge < -0.3 is 14.9 Å². The molecule has 0 amide bonds. The van der Waals surface area contributed by atoms with Crippen molar-refractivity contribution in [1.82, 2.24) is 0 Å². The van der Waals surface area contributed by atoms with E-state index in [2.05, 4.69) is 0 Å². The molecule has 0 aliphatic rings. The largest absolute Gasteiger partial charge is 0.481 e. The van der Waals surface area contributed by atoms with Crippen molar-refractivity contribution in [2.75, 3.05) is 0 Å². The van der Waals surface area contributed by atoms with Gasteiger partial charge in [0.2, 0.25) is 0 Å². The summed E-state index contributed by atoms with van der Waals surface area (Å²) in [5.41, 5.74) is -1.09. The number of carboxylic acids is 1. The standard InChI is InChI=1S/C10H21O5P/c1-5-9(3,8(11)12)7-10(4,6-2)16(13,14)15/h5-7H2,1-4H3,(H,11,12)(H2,13,14,15). The normalized spacial score (nSPS) is 19.9. The molecular formula is C10H21O5P. The minimum atomic E-state index is -4.30. The Morgan fingerprint density at radius 2 is 1.62 bits per heavy atom. The summed E-state index contributed by atoms with van der Waals surface area (Å²) in [5.74, 6) is -1.01. The minimum absolute atomic E-state index is 0.0212. The zero-order chi connectivity index (χ0) is 13.2. The summed E-state index contributed by atoms with van der Waals surface area (Å²) in [6, 6.07) is 0. The molecular weight excluding hydrogens is 231 g/mol. The van der Waals surface area contributed by atoms with Gasteiger partial charge in [-0.15, -0.1) is 0 Å². The molecule has 5 nitrogen and oxygen atoms in total. The molecule has 0 aliphatic carbocycles. The predicted molar refractivity (Wildman–Crippen MR) is 61.4 cm³/mol. The van der Waals surface area contributed by atoms with Crippen LogP contribution in [0.5, 0.6) is 0 Å². The van der Waals surface area contributed by atoms with Crippen molar-refractivity contribution in [3.05, 3.63) is 0 Å². The van der Waals surface area contributed by atoms with Crippen LogP contribution in [0.15, 0.2) is 0 Å². The van der Waals surface area contributed by atoms with Crippen LogP contribution in [0, 0.1) is 5.41 Å². The smallest absolute Gasteiger partial charge is 0.331 e. The van der Waals surface area contributed by atoms with E-state index in [1.165, 1.54) is 13.8 Å². The van der Waals surface area contributed by atoms with E-state index in [9.17, 15) is 19.1 Å². The molecule has 0 radical (unpaired) electrons. The summed E-state index contributed by atoms with van der Waals surface area (Å²) in [4.78, 5) is 29.7. The average Bonchev–Trinajstić information content (AvgIpc) is 2.15. The van der Waals surface area contributed by atoms with Crippen LogP contribution in [0.1, 0.15) is 47.0 Å². The maximum atomic E-state index is 11.4.